The van der Waals surface area contributed by atoms with Gasteiger partial charge in [0.15, 0.2) is 0 Å². The molecule has 1 saturated heterocycles. The van der Waals surface area contributed by atoms with Crippen molar-refractivity contribution in [1.29, 1.82) is 0 Å². The first-order valence-electron chi connectivity index (χ1n) is 7.18. The number of amides is 1. The van der Waals surface area contributed by atoms with Crippen LogP contribution in [0.15, 0.2) is 22.7 Å². The van der Waals surface area contributed by atoms with Crippen molar-refractivity contribution >= 4 is 34.2 Å². The van der Waals surface area contributed by atoms with Crippen LogP contribution in [0, 0.1) is 12.3 Å². The van der Waals surface area contributed by atoms with Crippen LogP contribution in [0.25, 0.3) is 0 Å². The van der Waals surface area contributed by atoms with Gasteiger partial charge in [-0.3, -0.25) is 4.79 Å². The van der Waals surface area contributed by atoms with E-state index in [0.717, 1.165) is 16.6 Å². The van der Waals surface area contributed by atoms with Crippen LogP contribution >= 0.6 is 28.3 Å². The summed E-state index contributed by atoms with van der Waals surface area (Å²) in [5, 5.41) is 6.57. The number of carbonyl (C=O) groups is 1. The quantitative estimate of drug-likeness (QED) is 0.846. The van der Waals surface area contributed by atoms with Gasteiger partial charge in [-0.2, -0.15) is 0 Å². The average molecular weight is 376 g/mol. The van der Waals surface area contributed by atoms with E-state index in [1.807, 2.05) is 25.1 Å². The molecular formula is C16H24BrClN2O. The maximum absolute atomic E-state index is 12.3. The van der Waals surface area contributed by atoms with E-state index in [0.29, 0.717) is 18.2 Å². The molecule has 1 fully saturated rings. The van der Waals surface area contributed by atoms with Gasteiger partial charge in [0.1, 0.15) is 0 Å². The maximum Gasteiger partial charge on any atom is 0.252 e. The number of carbonyl (C=O) groups excluding carboxylic acids is 1. The fraction of sp³-hybridized carbons (Fsp3) is 0.562. The monoisotopic (exact) mass is 374 g/mol. The van der Waals surface area contributed by atoms with Crippen molar-refractivity contribution in [2.75, 3.05) is 13.1 Å². The summed E-state index contributed by atoms with van der Waals surface area (Å²) in [7, 11) is 0. The molecule has 1 aromatic carbocycles. The van der Waals surface area contributed by atoms with Crippen molar-refractivity contribution in [1.82, 2.24) is 10.6 Å². The van der Waals surface area contributed by atoms with Crippen molar-refractivity contribution in [3.05, 3.63) is 33.8 Å². The molecular weight excluding hydrogens is 352 g/mol. The lowest BCUT2D eigenvalue weighted by molar-refractivity contribution is 0.0928. The predicted molar refractivity (Wildman–Crippen MR) is 93.3 cm³/mol. The molecule has 1 aromatic rings. The second-order valence-corrected chi connectivity index (χ2v) is 7.15. The van der Waals surface area contributed by atoms with Crippen molar-refractivity contribution in [2.24, 2.45) is 5.41 Å². The summed E-state index contributed by atoms with van der Waals surface area (Å²) >= 11 is 3.46. The van der Waals surface area contributed by atoms with Crippen molar-refractivity contribution in [3.8, 4) is 0 Å². The predicted octanol–water partition coefficient (Wildman–Crippen LogP) is 3.69. The molecule has 0 aliphatic carbocycles. The number of rotatable bonds is 3. The lowest BCUT2D eigenvalue weighted by Gasteiger charge is -2.39. The minimum absolute atomic E-state index is 0. The normalized spacial score (nSPS) is 20.5. The fourth-order valence-corrected chi connectivity index (χ4v) is 3.39. The molecule has 1 unspecified atom stereocenters. The van der Waals surface area contributed by atoms with Gasteiger partial charge in [-0.1, -0.05) is 19.9 Å². The highest BCUT2D eigenvalue weighted by Gasteiger charge is 2.32. The summed E-state index contributed by atoms with van der Waals surface area (Å²) in [5.74, 6) is -0.0138. The molecule has 118 valence electrons. The molecule has 1 atom stereocenters. The van der Waals surface area contributed by atoms with Gasteiger partial charge in [0, 0.05) is 17.1 Å². The number of piperidine rings is 1. The van der Waals surface area contributed by atoms with Crippen LogP contribution in [0.3, 0.4) is 0 Å². The molecule has 0 aromatic heterocycles. The molecule has 21 heavy (non-hydrogen) atoms. The first-order chi connectivity index (χ1) is 9.40. The van der Waals surface area contributed by atoms with Gasteiger partial charge in [0.2, 0.25) is 0 Å². The van der Waals surface area contributed by atoms with Gasteiger partial charge in [0.25, 0.3) is 5.91 Å². The first kappa shape index (κ1) is 18.5. The van der Waals surface area contributed by atoms with Crippen molar-refractivity contribution < 1.29 is 4.79 Å². The average Bonchev–Trinajstić information content (AvgIpc) is 2.36. The summed E-state index contributed by atoms with van der Waals surface area (Å²) in [5.41, 5.74) is 2.07. The van der Waals surface area contributed by atoms with E-state index < -0.39 is 0 Å². The number of benzene rings is 1. The Morgan fingerprint density at radius 2 is 2.19 bits per heavy atom. The molecule has 0 radical (unpaired) electrons. The zero-order chi connectivity index (χ0) is 14.8. The molecule has 2 N–H and O–H groups in total. The molecule has 2 rings (SSSR count). The van der Waals surface area contributed by atoms with E-state index in [1.165, 1.54) is 12.8 Å². The summed E-state index contributed by atoms with van der Waals surface area (Å²) in [6, 6.07) is 6.14. The molecule has 1 amide bonds. The number of aryl methyl sites for hydroxylation is 1. The third-order valence-corrected chi connectivity index (χ3v) is 4.82. The Hall–Kier alpha value is -0.580. The van der Waals surface area contributed by atoms with Crippen LogP contribution < -0.4 is 10.6 Å². The molecule has 1 heterocycles. The first-order valence-corrected chi connectivity index (χ1v) is 7.97. The summed E-state index contributed by atoms with van der Waals surface area (Å²) < 4.78 is 0.853. The lowest BCUT2D eigenvalue weighted by Crippen LogP contribution is -2.52. The summed E-state index contributed by atoms with van der Waals surface area (Å²) in [6.45, 7) is 8.25. The SMILES string of the molecule is Cc1ccc(C(=O)NCC2NCCCC2(C)C)c(Br)c1.Cl. The zero-order valence-corrected chi connectivity index (χ0v) is 15.2. The van der Waals surface area contributed by atoms with Crippen LogP contribution in [0.5, 0.6) is 0 Å². The Morgan fingerprint density at radius 3 is 2.81 bits per heavy atom. The molecule has 0 bridgehead atoms. The van der Waals surface area contributed by atoms with Crippen molar-refractivity contribution in [2.45, 2.75) is 39.7 Å². The van der Waals surface area contributed by atoms with Crippen LogP contribution in [-0.2, 0) is 0 Å². The van der Waals surface area contributed by atoms with Crippen molar-refractivity contribution in [3.63, 3.8) is 0 Å². The molecule has 1 aliphatic heterocycles. The van der Waals surface area contributed by atoms with E-state index in [4.69, 9.17) is 0 Å². The van der Waals surface area contributed by atoms with Gasteiger partial charge in [-0.15, -0.1) is 12.4 Å². The van der Waals surface area contributed by atoms with Gasteiger partial charge in [-0.05, 0) is 65.4 Å². The molecule has 0 spiro atoms. The molecule has 5 heteroatoms. The van der Waals surface area contributed by atoms with E-state index in [2.05, 4.69) is 40.4 Å². The Labute approximate surface area is 141 Å². The Morgan fingerprint density at radius 1 is 1.48 bits per heavy atom. The van der Waals surface area contributed by atoms with Crippen LogP contribution in [-0.4, -0.2) is 25.0 Å². The molecule has 1 aliphatic rings. The van der Waals surface area contributed by atoms with E-state index >= 15 is 0 Å². The molecule has 3 nitrogen and oxygen atoms in total. The summed E-state index contributed by atoms with van der Waals surface area (Å²) in [4.78, 5) is 12.3. The Kier molecular flexibility index (Phi) is 6.70. The van der Waals surface area contributed by atoms with Gasteiger partial charge < -0.3 is 10.6 Å². The van der Waals surface area contributed by atoms with E-state index in [-0.39, 0.29) is 23.7 Å². The smallest absolute Gasteiger partial charge is 0.252 e. The lowest BCUT2D eigenvalue weighted by atomic mass is 9.77. The highest BCUT2D eigenvalue weighted by Crippen LogP contribution is 2.29. The van der Waals surface area contributed by atoms with Crippen LogP contribution in [0.2, 0.25) is 0 Å². The topological polar surface area (TPSA) is 41.1 Å². The van der Waals surface area contributed by atoms with Crippen LogP contribution in [0.1, 0.15) is 42.6 Å². The number of hydrogen-bond acceptors (Lipinski definition) is 2. The summed E-state index contributed by atoms with van der Waals surface area (Å²) in [6.07, 6.45) is 2.41. The third-order valence-electron chi connectivity index (χ3n) is 4.17. The maximum atomic E-state index is 12.3. The Balaban J connectivity index is 0.00000220. The fourth-order valence-electron chi connectivity index (χ4n) is 2.71. The minimum atomic E-state index is -0.0138. The number of nitrogens with one attached hydrogen (secondary N) is 2. The molecule has 0 saturated carbocycles. The third kappa shape index (κ3) is 4.70. The van der Waals surface area contributed by atoms with Crippen LogP contribution in [0.4, 0.5) is 0 Å². The number of halogens is 2. The van der Waals surface area contributed by atoms with E-state index in [9.17, 15) is 4.79 Å². The zero-order valence-electron chi connectivity index (χ0n) is 12.8. The minimum Gasteiger partial charge on any atom is -0.350 e. The Bertz CT molecular complexity index is 505. The standard InChI is InChI=1S/C16H23BrN2O.ClH/c1-11-5-6-12(13(17)9-11)15(20)19-10-14-16(2,3)7-4-8-18-14;/h5-6,9,14,18H,4,7-8,10H2,1-3H3,(H,19,20);1H. The largest absolute Gasteiger partial charge is 0.350 e. The second-order valence-electron chi connectivity index (χ2n) is 6.29. The van der Waals surface area contributed by atoms with Gasteiger partial charge >= 0.3 is 0 Å². The van der Waals surface area contributed by atoms with E-state index in [1.54, 1.807) is 0 Å². The second kappa shape index (κ2) is 7.61. The number of hydrogen-bond donors (Lipinski definition) is 2. The van der Waals surface area contributed by atoms with Gasteiger partial charge in [-0.25, -0.2) is 0 Å². The highest BCUT2D eigenvalue weighted by molar-refractivity contribution is 9.10. The van der Waals surface area contributed by atoms with Gasteiger partial charge in [0.05, 0.1) is 5.56 Å². The highest BCUT2D eigenvalue weighted by atomic mass is 79.9.